The van der Waals surface area contributed by atoms with Gasteiger partial charge in [0.15, 0.2) is 0 Å². The summed E-state index contributed by atoms with van der Waals surface area (Å²) in [6.07, 6.45) is 11.2. The van der Waals surface area contributed by atoms with Crippen molar-refractivity contribution in [2.75, 3.05) is 12.0 Å². The van der Waals surface area contributed by atoms with Gasteiger partial charge in [-0.3, -0.25) is 0 Å². The van der Waals surface area contributed by atoms with Crippen LogP contribution in [0.2, 0.25) is 5.02 Å². The van der Waals surface area contributed by atoms with Gasteiger partial charge in [-0.2, -0.15) is 0 Å². The summed E-state index contributed by atoms with van der Waals surface area (Å²) < 4.78 is 24.7. The first kappa shape index (κ1) is 25.8. The van der Waals surface area contributed by atoms with Gasteiger partial charge in [0.05, 0.1) is 23.4 Å². The third-order valence-electron chi connectivity index (χ3n) is 6.06. The first-order chi connectivity index (χ1) is 17.3. The van der Waals surface area contributed by atoms with E-state index in [0.717, 1.165) is 34.6 Å². The molecule has 2 aromatic rings. The molecule has 0 unspecified atom stereocenters. The van der Waals surface area contributed by atoms with Crippen LogP contribution < -0.4 is 4.90 Å². The van der Waals surface area contributed by atoms with E-state index >= 15 is 0 Å². The lowest BCUT2D eigenvalue weighted by atomic mass is 10.0. The van der Waals surface area contributed by atoms with Crippen LogP contribution in [0.15, 0.2) is 94.5 Å². The fraction of sp³-hybridized carbons (Fsp3) is 0.207. The first-order valence-electron chi connectivity index (χ1n) is 11.5. The second-order valence-corrected chi connectivity index (χ2v) is 9.38. The molecule has 0 spiro atoms. The van der Waals surface area contributed by atoms with Gasteiger partial charge < -0.3 is 14.4 Å². The zero-order valence-corrected chi connectivity index (χ0v) is 21.8. The Morgan fingerprint density at radius 3 is 2.61 bits per heavy atom. The molecule has 7 heteroatoms. The molecule has 0 aromatic heterocycles. The van der Waals surface area contributed by atoms with E-state index in [1.165, 1.54) is 19.2 Å². The molecule has 1 heterocycles. The average molecular weight is 526 g/mol. The van der Waals surface area contributed by atoms with E-state index < -0.39 is 5.82 Å². The minimum absolute atomic E-state index is 0.160. The van der Waals surface area contributed by atoms with Crippen LogP contribution in [-0.2, 0) is 16.1 Å². The van der Waals surface area contributed by atoms with Crippen molar-refractivity contribution in [2.24, 2.45) is 0 Å². The summed E-state index contributed by atoms with van der Waals surface area (Å²) in [6, 6.07) is 9.96. The van der Waals surface area contributed by atoms with Gasteiger partial charge in [-0.15, -0.1) is 0 Å². The summed E-state index contributed by atoms with van der Waals surface area (Å²) in [5.74, 6) is -0.178. The molecule has 4 nitrogen and oxygen atoms in total. The van der Waals surface area contributed by atoms with Crippen LogP contribution in [0.4, 0.5) is 10.1 Å². The molecule has 0 bridgehead atoms. The molecule has 0 saturated heterocycles. The summed E-state index contributed by atoms with van der Waals surface area (Å²) in [4.78, 5) is 14.5. The lowest BCUT2D eigenvalue weighted by Crippen LogP contribution is -2.25. The molecule has 0 radical (unpaired) electrons. The number of nitrogens with zero attached hydrogens (tertiary/aromatic N) is 1. The molecule has 4 rings (SSSR count). The number of esters is 1. The van der Waals surface area contributed by atoms with Crippen molar-refractivity contribution in [1.29, 1.82) is 0 Å². The molecule has 0 N–H and O–H groups in total. The fourth-order valence-electron chi connectivity index (χ4n) is 4.14. The number of anilines is 1. The summed E-state index contributed by atoms with van der Waals surface area (Å²) in [7, 11) is 1.38. The van der Waals surface area contributed by atoms with Crippen LogP contribution in [0.1, 0.15) is 41.3 Å². The molecule has 36 heavy (non-hydrogen) atoms. The Labute approximate surface area is 220 Å². The molecule has 0 saturated carbocycles. The topological polar surface area (TPSA) is 38.8 Å². The molecular formula is C29H26Cl2FNO3. The van der Waals surface area contributed by atoms with Gasteiger partial charge in [0.25, 0.3) is 0 Å². The number of aryl methyl sites for hydroxylation is 1. The van der Waals surface area contributed by atoms with Gasteiger partial charge in [-0.25, -0.2) is 9.18 Å². The van der Waals surface area contributed by atoms with E-state index in [0.29, 0.717) is 33.4 Å². The van der Waals surface area contributed by atoms with E-state index in [9.17, 15) is 9.18 Å². The summed E-state index contributed by atoms with van der Waals surface area (Å²) in [6.45, 7) is 4.06. The minimum Gasteiger partial charge on any atom is -0.488 e. The predicted molar refractivity (Wildman–Crippen MR) is 142 cm³/mol. The van der Waals surface area contributed by atoms with Crippen LogP contribution in [-0.4, -0.2) is 13.1 Å². The molecule has 186 valence electrons. The molecule has 0 atom stereocenters. The number of rotatable bonds is 6. The Morgan fingerprint density at radius 1 is 1.06 bits per heavy atom. The Morgan fingerprint density at radius 2 is 1.86 bits per heavy atom. The van der Waals surface area contributed by atoms with E-state index in [2.05, 4.69) is 17.1 Å². The maximum Gasteiger partial charge on any atom is 0.338 e. The SMILES string of the molecule is COC(=O)c1cc(N2C(C)=CCC=C2C2=CCC(Cl)=CC=C2OCc2ccc(F)cc2Cl)ccc1C. The normalized spacial score (nSPS) is 15.7. The van der Waals surface area contributed by atoms with E-state index in [-0.39, 0.29) is 12.6 Å². The van der Waals surface area contributed by atoms with Gasteiger partial charge in [0.2, 0.25) is 0 Å². The lowest BCUT2D eigenvalue weighted by Gasteiger charge is -2.33. The summed E-state index contributed by atoms with van der Waals surface area (Å²) in [5, 5.41) is 0.972. The van der Waals surface area contributed by atoms with Gasteiger partial charge in [-0.1, -0.05) is 53.6 Å². The van der Waals surface area contributed by atoms with Crippen LogP contribution in [0.5, 0.6) is 0 Å². The monoisotopic (exact) mass is 525 g/mol. The number of carbonyl (C=O) groups excluding carboxylic acids is 1. The standard InChI is InChI=1S/C29H26Cl2FNO3/c1-18-7-12-23(16-25(18)29(34)35-3)33-19(2)5-4-6-27(33)24-13-9-21(30)10-14-28(24)36-17-20-8-11-22(32)15-26(20)31/h5-8,10-16H,4,9,17H2,1-3H3. The first-order valence-corrected chi connectivity index (χ1v) is 12.2. The van der Waals surface area contributed by atoms with Gasteiger partial charge >= 0.3 is 5.97 Å². The quantitative estimate of drug-likeness (QED) is 0.357. The number of hydrogen-bond donors (Lipinski definition) is 0. The number of methoxy groups -OCH3 is 1. The lowest BCUT2D eigenvalue weighted by molar-refractivity contribution is 0.0600. The average Bonchev–Trinajstić information content (AvgIpc) is 3.04. The smallest absolute Gasteiger partial charge is 0.338 e. The second kappa shape index (κ2) is 11.2. The third-order valence-corrected chi connectivity index (χ3v) is 6.69. The highest BCUT2D eigenvalue weighted by Gasteiger charge is 2.25. The predicted octanol–water partition coefficient (Wildman–Crippen LogP) is 8.13. The molecule has 1 aliphatic heterocycles. The highest BCUT2D eigenvalue weighted by atomic mass is 35.5. The Hall–Kier alpha value is -3.28. The van der Waals surface area contributed by atoms with E-state index in [1.54, 1.807) is 6.07 Å². The fourth-order valence-corrected chi connectivity index (χ4v) is 4.50. The highest BCUT2D eigenvalue weighted by molar-refractivity contribution is 6.31. The Bertz CT molecular complexity index is 1350. The van der Waals surface area contributed by atoms with Crippen LogP contribution >= 0.6 is 23.2 Å². The molecule has 2 aromatic carbocycles. The van der Waals surface area contributed by atoms with Crippen molar-refractivity contribution in [3.05, 3.63) is 122 Å². The number of allylic oxidation sites excluding steroid dienone is 7. The largest absolute Gasteiger partial charge is 0.488 e. The van der Waals surface area contributed by atoms with Crippen molar-refractivity contribution in [2.45, 2.75) is 33.3 Å². The van der Waals surface area contributed by atoms with Crippen molar-refractivity contribution in [3.8, 4) is 0 Å². The van der Waals surface area contributed by atoms with E-state index in [4.69, 9.17) is 32.7 Å². The van der Waals surface area contributed by atoms with Crippen LogP contribution in [0.25, 0.3) is 0 Å². The van der Waals surface area contributed by atoms with Crippen molar-refractivity contribution in [3.63, 3.8) is 0 Å². The molecule has 0 amide bonds. The number of carbonyl (C=O) groups is 1. The molecule has 1 aliphatic carbocycles. The Kier molecular flexibility index (Phi) is 8.02. The Balaban J connectivity index is 1.71. The molecule has 0 fully saturated rings. The van der Waals surface area contributed by atoms with E-state index in [1.807, 2.05) is 50.3 Å². The number of benzene rings is 2. The third kappa shape index (κ3) is 5.58. The van der Waals surface area contributed by atoms with Gasteiger partial charge in [0.1, 0.15) is 18.2 Å². The number of halogens is 3. The summed E-state index contributed by atoms with van der Waals surface area (Å²) >= 11 is 12.6. The maximum atomic E-state index is 13.5. The highest BCUT2D eigenvalue weighted by Crippen LogP contribution is 2.37. The summed E-state index contributed by atoms with van der Waals surface area (Å²) in [5.41, 5.74) is 5.61. The van der Waals surface area contributed by atoms with Crippen LogP contribution in [0, 0.1) is 12.7 Å². The van der Waals surface area contributed by atoms with Crippen LogP contribution in [0.3, 0.4) is 0 Å². The van der Waals surface area contributed by atoms with Gasteiger partial charge in [-0.05, 0) is 62.2 Å². The maximum absolute atomic E-state index is 13.5. The van der Waals surface area contributed by atoms with Crippen molar-refractivity contribution in [1.82, 2.24) is 0 Å². The minimum atomic E-state index is -0.401. The second-order valence-electron chi connectivity index (χ2n) is 8.49. The van der Waals surface area contributed by atoms with Crippen molar-refractivity contribution >= 4 is 34.9 Å². The zero-order valence-electron chi connectivity index (χ0n) is 20.3. The van der Waals surface area contributed by atoms with Gasteiger partial charge in [0, 0.05) is 34.0 Å². The zero-order chi connectivity index (χ0) is 25.8. The number of ether oxygens (including phenoxy) is 2. The molecule has 2 aliphatic rings. The van der Waals surface area contributed by atoms with Crippen molar-refractivity contribution < 1.29 is 18.7 Å². The molecular weight excluding hydrogens is 500 g/mol. The number of hydrogen-bond acceptors (Lipinski definition) is 4.